The summed E-state index contributed by atoms with van der Waals surface area (Å²) in [5, 5.41) is 0. The Morgan fingerprint density at radius 2 is 1.88 bits per heavy atom. The molecule has 0 spiro atoms. The SMILES string of the molecule is O=C(c1ccccn1)N1C[C@H]2CC[C@@H](C1)N(CCSc1ccccc1)C2. The number of carbonyl (C=O) groups is 1. The number of carbonyl (C=O) groups excluding carboxylic acids is 1. The van der Waals surface area contributed by atoms with Crippen molar-refractivity contribution in [1.82, 2.24) is 14.8 Å². The molecule has 26 heavy (non-hydrogen) atoms. The molecule has 4 nitrogen and oxygen atoms in total. The number of aromatic nitrogens is 1. The van der Waals surface area contributed by atoms with Gasteiger partial charge in [0.2, 0.25) is 0 Å². The number of benzene rings is 1. The molecule has 4 heterocycles. The molecule has 3 aliphatic rings. The molecule has 0 radical (unpaired) electrons. The van der Waals surface area contributed by atoms with Crippen molar-refractivity contribution in [2.45, 2.75) is 23.8 Å². The van der Waals surface area contributed by atoms with Gasteiger partial charge in [0.05, 0.1) is 0 Å². The van der Waals surface area contributed by atoms with Crippen LogP contribution in [0, 0.1) is 5.92 Å². The van der Waals surface area contributed by atoms with Gasteiger partial charge in [-0.05, 0) is 43.0 Å². The minimum absolute atomic E-state index is 0.0861. The highest BCUT2D eigenvalue weighted by Gasteiger charge is 2.36. The predicted octanol–water partition coefficient (Wildman–Crippen LogP) is 3.41. The summed E-state index contributed by atoms with van der Waals surface area (Å²) < 4.78 is 0. The second kappa shape index (κ2) is 8.23. The van der Waals surface area contributed by atoms with E-state index in [2.05, 4.69) is 40.2 Å². The number of rotatable bonds is 5. The van der Waals surface area contributed by atoms with Gasteiger partial charge in [-0.2, -0.15) is 0 Å². The van der Waals surface area contributed by atoms with Crippen LogP contribution in [0.15, 0.2) is 59.6 Å². The highest BCUT2D eigenvalue weighted by molar-refractivity contribution is 7.99. The summed E-state index contributed by atoms with van der Waals surface area (Å²) in [6.45, 7) is 3.91. The van der Waals surface area contributed by atoms with Crippen molar-refractivity contribution in [1.29, 1.82) is 0 Å². The minimum Gasteiger partial charge on any atom is -0.335 e. The molecule has 1 amide bonds. The molecule has 0 aliphatic carbocycles. The summed E-state index contributed by atoms with van der Waals surface area (Å²) >= 11 is 1.92. The van der Waals surface area contributed by atoms with Crippen molar-refractivity contribution in [3.05, 3.63) is 60.4 Å². The van der Waals surface area contributed by atoms with Gasteiger partial charge in [0.25, 0.3) is 5.91 Å². The van der Waals surface area contributed by atoms with E-state index in [1.807, 2.05) is 34.9 Å². The van der Waals surface area contributed by atoms with Crippen LogP contribution in [0.25, 0.3) is 0 Å². The summed E-state index contributed by atoms with van der Waals surface area (Å²) in [5.74, 6) is 1.77. The molecule has 0 N–H and O–H groups in total. The summed E-state index contributed by atoms with van der Waals surface area (Å²) in [6.07, 6.45) is 4.14. The van der Waals surface area contributed by atoms with Crippen LogP contribution in [0.1, 0.15) is 23.3 Å². The zero-order chi connectivity index (χ0) is 17.8. The van der Waals surface area contributed by atoms with Crippen LogP contribution in [-0.4, -0.2) is 58.7 Å². The van der Waals surface area contributed by atoms with Gasteiger partial charge in [-0.15, -0.1) is 11.8 Å². The molecule has 5 rings (SSSR count). The lowest BCUT2D eigenvalue weighted by atomic mass is 9.95. The Kier molecular flexibility index (Phi) is 5.56. The van der Waals surface area contributed by atoms with Gasteiger partial charge in [-0.25, -0.2) is 0 Å². The van der Waals surface area contributed by atoms with Crippen LogP contribution in [0.2, 0.25) is 0 Å². The third-order valence-corrected chi connectivity index (χ3v) is 6.38. The van der Waals surface area contributed by atoms with Crippen LogP contribution in [0.3, 0.4) is 0 Å². The van der Waals surface area contributed by atoms with Gasteiger partial charge < -0.3 is 4.90 Å². The van der Waals surface area contributed by atoms with Gasteiger partial charge in [0.15, 0.2) is 0 Å². The molecule has 2 bridgehead atoms. The fraction of sp³-hybridized carbons (Fsp3) is 0.429. The van der Waals surface area contributed by atoms with Crippen molar-refractivity contribution in [3.63, 3.8) is 0 Å². The zero-order valence-corrected chi connectivity index (χ0v) is 15.8. The molecular formula is C21H25N3OS. The van der Waals surface area contributed by atoms with E-state index < -0.39 is 0 Å². The highest BCUT2D eigenvalue weighted by atomic mass is 32.2. The molecule has 0 unspecified atom stereocenters. The van der Waals surface area contributed by atoms with E-state index in [4.69, 9.17) is 0 Å². The Bertz CT molecular complexity index is 725. The van der Waals surface area contributed by atoms with Crippen LogP contribution >= 0.6 is 11.8 Å². The fourth-order valence-corrected chi connectivity index (χ4v) is 4.98. The third-order valence-electron chi connectivity index (χ3n) is 5.39. The lowest BCUT2D eigenvalue weighted by Gasteiger charge is -2.35. The third kappa shape index (κ3) is 4.10. The highest BCUT2D eigenvalue weighted by Crippen LogP contribution is 2.29. The van der Waals surface area contributed by atoms with Gasteiger partial charge >= 0.3 is 0 Å². The van der Waals surface area contributed by atoms with Crippen molar-refractivity contribution >= 4 is 17.7 Å². The lowest BCUT2D eigenvalue weighted by Crippen LogP contribution is -2.45. The quantitative estimate of drug-likeness (QED) is 0.759. The zero-order valence-electron chi connectivity index (χ0n) is 15.0. The Labute approximate surface area is 159 Å². The van der Waals surface area contributed by atoms with Crippen molar-refractivity contribution < 1.29 is 4.79 Å². The maximum absolute atomic E-state index is 12.8. The van der Waals surface area contributed by atoms with Crippen molar-refractivity contribution in [2.75, 3.05) is 31.9 Å². The molecule has 1 aromatic carbocycles. The van der Waals surface area contributed by atoms with Crippen LogP contribution in [0.5, 0.6) is 0 Å². The molecule has 3 fully saturated rings. The van der Waals surface area contributed by atoms with Gasteiger partial charge in [-0.3, -0.25) is 14.7 Å². The number of thioether (sulfide) groups is 1. The van der Waals surface area contributed by atoms with E-state index in [1.54, 1.807) is 6.20 Å². The molecule has 5 heteroatoms. The predicted molar refractivity (Wildman–Crippen MR) is 105 cm³/mol. The number of piperidine rings is 1. The van der Waals surface area contributed by atoms with Gasteiger partial charge in [0.1, 0.15) is 5.69 Å². The monoisotopic (exact) mass is 367 g/mol. The number of nitrogens with zero attached hydrogens (tertiary/aromatic N) is 3. The number of hydrogen-bond acceptors (Lipinski definition) is 4. The summed E-state index contributed by atoms with van der Waals surface area (Å²) in [4.78, 5) is 23.0. The number of hydrogen-bond donors (Lipinski definition) is 0. The largest absolute Gasteiger partial charge is 0.335 e. The fourth-order valence-electron chi connectivity index (χ4n) is 4.07. The first-order chi connectivity index (χ1) is 12.8. The summed E-state index contributed by atoms with van der Waals surface area (Å²) in [7, 11) is 0. The molecular weight excluding hydrogens is 342 g/mol. The average Bonchev–Trinajstić information content (AvgIpc) is 3.01. The summed E-state index contributed by atoms with van der Waals surface area (Å²) in [5.41, 5.74) is 0.569. The summed E-state index contributed by atoms with van der Waals surface area (Å²) in [6, 6.07) is 16.6. The van der Waals surface area contributed by atoms with Gasteiger partial charge in [-0.1, -0.05) is 24.3 Å². The van der Waals surface area contributed by atoms with E-state index >= 15 is 0 Å². The minimum atomic E-state index is 0.0861. The normalized spacial score (nSPS) is 23.0. The molecule has 2 atom stereocenters. The Morgan fingerprint density at radius 1 is 1.04 bits per heavy atom. The van der Waals surface area contributed by atoms with Gasteiger partial charge in [0, 0.05) is 49.1 Å². The second-order valence-corrected chi connectivity index (χ2v) is 8.35. The first-order valence-corrected chi connectivity index (χ1v) is 10.4. The Balaban J connectivity index is 1.36. The van der Waals surface area contributed by atoms with Crippen molar-refractivity contribution in [3.8, 4) is 0 Å². The van der Waals surface area contributed by atoms with E-state index in [-0.39, 0.29) is 5.91 Å². The maximum atomic E-state index is 12.8. The molecule has 0 saturated carbocycles. The average molecular weight is 368 g/mol. The van der Waals surface area contributed by atoms with Crippen molar-refractivity contribution in [2.24, 2.45) is 5.92 Å². The smallest absolute Gasteiger partial charge is 0.272 e. The number of fused-ring (bicyclic) bond motifs is 4. The maximum Gasteiger partial charge on any atom is 0.272 e. The van der Waals surface area contributed by atoms with E-state index in [0.29, 0.717) is 17.7 Å². The lowest BCUT2D eigenvalue weighted by molar-refractivity contribution is 0.0733. The molecule has 1 aromatic heterocycles. The van der Waals surface area contributed by atoms with E-state index in [9.17, 15) is 4.79 Å². The van der Waals surface area contributed by atoms with Crippen LogP contribution in [0.4, 0.5) is 0 Å². The Hall–Kier alpha value is -1.85. The molecule has 2 aromatic rings. The van der Waals surface area contributed by atoms with Crippen LogP contribution in [-0.2, 0) is 0 Å². The first kappa shape index (κ1) is 17.6. The first-order valence-electron chi connectivity index (χ1n) is 9.42. The molecule has 136 valence electrons. The van der Waals surface area contributed by atoms with Crippen LogP contribution < -0.4 is 0 Å². The van der Waals surface area contributed by atoms with E-state index in [0.717, 1.165) is 31.9 Å². The topological polar surface area (TPSA) is 36.4 Å². The number of amides is 1. The second-order valence-electron chi connectivity index (χ2n) is 7.18. The Morgan fingerprint density at radius 3 is 2.69 bits per heavy atom. The number of pyridine rings is 1. The molecule has 3 saturated heterocycles. The molecule has 3 aliphatic heterocycles. The van der Waals surface area contributed by atoms with E-state index in [1.165, 1.54) is 17.7 Å². The standard InChI is InChI=1S/C21H25N3OS/c25-21(20-8-4-5-11-22-20)24-15-17-9-10-18(16-24)23(14-17)12-13-26-19-6-2-1-3-7-19/h1-8,11,17-18H,9-10,12-16H2/t17-,18-/m0/s1.